The number of nitrogens with one attached hydrogen (secondary N) is 1. The van der Waals surface area contributed by atoms with E-state index in [9.17, 15) is 19.5 Å². The van der Waals surface area contributed by atoms with Gasteiger partial charge in [-0.05, 0) is 49.6 Å². The number of hydrogen-bond donors (Lipinski definition) is 2. The van der Waals surface area contributed by atoms with Crippen molar-refractivity contribution in [1.29, 1.82) is 0 Å². The summed E-state index contributed by atoms with van der Waals surface area (Å²) in [5.41, 5.74) is -1.11. The van der Waals surface area contributed by atoms with Crippen molar-refractivity contribution in [2.24, 2.45) is 0 Å². The number of amides is 2. The molecule has 45 heavy (non-hydrogen) atoms. The number of hydrogen-bond acceptors (Lipinski definition) is 7. The average Bonchev–Trinajstić information content (AvgIpc) is 3.11. The Morgan fingerprint density at radius 1 is 1.20 bits per heavy atom. The van der Waals surface area contributed by atoms with Crippen LogP contribution in [0.25, 0.3) is 27.7 Å². The van der Waals surface area contributed by atoms with Gasteiger partial charge in [-0.25, -0.2) is 13.6 Å². The number of aryl methyl sites for hydroxylation is 1. The number of nitrogens with zero attached hydrogens (tertiary/aromatic N) is 5. The molecule has 0 bridgehead atoms. The van der Waals surface area contributed by atoms with E-state index in [1.54, 1.807) is 31.0 Å². The van der Waals surface area contributed by atoms with Crippen molar-refractivity contribution in [3.63, 3.8) is 0 Å². The summed E-state index contributed by atoms with van der Waals surface area (Å²) in [5.74, 6) is -3.93. The molecule has 0 radical (unpaired) electrons. The Labute approximate surface area is 261 Å². The second-order valence-corrected chi connectivity index (χ2v) is 11.9. The Morgan fingerprint density at radius 2 is 1.93 bits per heavy atom. The summed E-state index contributed by atoms with van der Waals surface area (Å²) >= 11 is 6.85. The summed E-state index contributed by atoms with van der Waals surface area (Å²) in [4.78, 5) is 52.6. The Bertz CT molecular complexity index is 1990. The molecule has 2 aliphatic rings. The molecule has 10 nitrogen and oxygen atoms in total. The number of phenols is 1. The maximum Gasteiger partial charge on any atom is 0.354 e. The predicted molar refractivity (Wildman–Crippen MR) is 167 cm³/mol. The number of pyridine rings is 1. The van der Waals surface area contributed by atoms with Crippen LogP contribution in [0.1, 0.15) is 37.9 Å². The number of piperazine rings is 1. The zero-order valence-corrected chi connectivity index (χ0v) is 25.6. The number of anilines is 2. The van der Waals surface area contributed by atoms with Crippen molar-refractivity contribution < 1.29 is 23.5 Å². The number of carbonyl (C=O) groups is 2. The second kappa shape index (κ2) is 11.0. The number of fused-ring (bicyclic) bond motifs is 2. The number of carbonyl (C=O) groups excluding carboxylic acids is 2. The van der Waals surface area contributed by atoms with Gasteiger partial charge in [-0.3, -0.25) is 19.1 Å². The Kier molecular flexibility index (Phi) is 7.35. The van der Waals surface area contributed by atoms with Gasteiger partial charge in [0.05, 0.1) is 39.6 Å². The van der Waals surface area contributed by atoms with Gasteiger partial charge in [0.15, 0.2) is 5.82 Å². The lowest BCUT2D eigenvalue weighted by Crippen LogP contribution is -2.62. The Hall–Kier alpha value is -4.84. The molecule has 2 unspecified atom stereocenters. The summed E-state index contributed by atoms with van der Waals surface area (Å²) in [6.07, 6.45) is 2.72. The highest BCUT2D eigenvalue weighted by molar-refractivity contribution is 6.39. The second-order valence-electron chi connectivity index (χ2n) is 11.5. The quantitative estimate of drug-likeness (QED) is 0.301. The van der Waals surface area contributed by atoms with E-state index in [1.807, 2.05) is 13.8 Å². The van der Waals surface area contributed by atoms with Crippen LogP contribution in [0, 0.1) is 18.6 Å². The van der Waals surface area contributed by atoms with Crippen LogP contribution in [0.5, 0.6) is 5.75 Å². The maximum absolute atomic E-state index is 17.3. The van der Waals surface area contributed by atoms with E-state index in [1.165, 1.54) is 17.0 Å². The third-order valence-corrected chi connectivity index (χ3v) is 8.71. The van der Waals surface area contributed by atoms with Crippen LogP contribution in [0.2, 0.25) is 5.02 Å². The number of aromatic nitrogens is 3. The van der Waals surface area contributed by atoms with Gasteiger partial charge in [0, 0.05) is 24.3 Å². The molecule has 4 heterocycles. The van der Waals surface area contributed by atoms with Crippen LogP contribution >= 0.6 is 11.6 Å². The number of aromatic hydroxyl groups is 1. The maximum atomic E-state index is 17.3. The van der Waals surface area contributed by atoms with Gasteiger partial charge in [-0.1, -0.05) is 38.1 Å². The van der Waals surface area contributed by atoms with Gasteiger partial charge in [-0.2, -0.15) is 4.98 Å². The predicted octanol–water partition coefficient (Wildman–Crippen LogP) is 5.06. The lowest BCUT2D eigenvalue weighted by atomic mass is 9.98. The Balaban J connectivity index is 1.81. The molecule has 6 rings (SSSR count). The third-order valence-electron chi connectivity index (χ3n) is 8.33. The minimum atomic E-state index is -1.11. The minimum Gasteiger partial charge on any atom is -0.507 e. The van der Waals surface area contributed by atoms with Crippen LogP contribution in [0.3, 0.4) is 0 Å². The zero-order valence-electron chi connectivity index (χ0n) is 24.9. The highest BCUT2D eigenvalue weighted by Gasteiger charge is 2.44. The van der Waals surface area contributed by atoms with Crippen LogP contribution in [0.15, 0.2) is 47.9 Å². The molecule has 2 N–H and O–H groups in total. The lowest BCUT2D eigenvalue weighted by Gasteiger charge is -2.44. The van der Waals surface area contributed by atoms with E-state index in [4.69, 9.17) is 11.6 Å². The molecule has 1 saturated heterocycles. The number of rotatable bonds is 4. The molecule has 2 aromatic carbocycles. The highest BCUT2D eigenvalue weighted by atomic mass is 35.5. The number of benzene rings is 2. The minimum absolute atomic E-state index is 0.000774. The van der Waals surface area contributed by atoms with Crippen LogP contribution in [-0.2, 0) is 9.59 Å². The molecule has 0 aliphatic carbocycles. The average molecular weight is 635 g/mol. The zero-order chi connectivity index (χ0) is 32.5. The molecule has 0 saturated carbocycles. The lowest BCUT2D eigenvalue weighted by molar-refractivity contribution is -0.128. The fraction of sp³-hybridized carbons (Fsp3) is 0.281. The van der Waals surface area contributed by atoms with Crippen molar-refractivity contribution in [1.82, 2.24) is 19.4 Å². The molecule has 1 fully saturated rings. The molecular formula is C32H29ClF2N6O4. The summed E-state index contributed by atoms with van der Waals surface area (Å²) in [5, 5.41) is 13.1. The molecule has 0 spiro atoms. The molecular weight excluding hydrogens is 606 g/mol. The fourth-order valence-corrected chi connectivity index (χ4v) is 6.66. The first-order chi connectivity index (χ1) is 21.4. The van der Waals surface area contributed by atoms with Crippen molar-refractivity contribution in [3.05, 3.63) is 81.5 Å². The standard InChI is InChI=1S/C32H29ClF2N6O4/c1-6-20(43)39-12-16(5)40-18(13-39)31(44)37-27-23-29(25(35)22(24(27)33)21-17(34)8-7-9-19(21)42)41(32(45)38-30(23)40)28-15(4)10-11-36-26(28)14(2)3/h6-11,14,16,18,42H,1,12-13H2,2-5H3,(H,37,44). The summed E-state index contributed by atoms with van der Waals surface area (Å²) in [6.45, 7) is 10.8. The first-order valence-electron chi connectivity index (χ1n) is 14.3. The van der Waals surface area contributed by atoms with Gasteiger partial charge < -0.3 is 20.2 Å². The SMILES string of the molecule is C=CC(=O)N1CC(C)N2c3nc(=O)n(-c4c(C)ccnc4C(C)C)c4c(F)c(-c5c(O)cccc5F)c(Cl)c(c34)NC(=O)C2C1. The van der Waals surface area contributed by atoms with E-state index >= 15 is 8.78 Å². The topological polar surface area (TPSA) is 121 Å². The number of phenolic OH excluding ortho intramolecular Hbond substituents is 1. The fourth-order valence-electron chi connectivity index (χ4n) is 6.34. The van der Waals surface area contributed by atoms with E-state index in [-0.39, 0.29) is 53.0 Å². The highest BCUT2D eigenvalue weighted by Crippen LogP contribution is 2.49. The van der Waals surface area contributed by atoms with Crippen LogP contribution in [-0.4, -0.2) is 61.5 Å². The van der Waals surface area contributed by atoms with E-state index in [2.05, 4.69) is 21.9 Å². The monoisotopic (exact) mass is 634 g/mol. The van der Waals surface area contributed by atoms with Crippen molar-refractivity contribution in [2.45, 2.75) is 45.7 Å². The molecule has 2 aliphatic heterocycles. The smallest absolute Gasteiger partial charge is 0.354 e. The summed E-state index contributed by atoms with van der Waals surface area (Å²) < 4.78 is 33.7. The van der Waals surface area contributed by atoms with E-state index in [0.29, 0.717) is 11.3 Å². The van der Waals surface area contributed by atoms with E-state index in [0.717, 1.165) is 16.7 Å². The van der Waals surface area contributed by atoms with Crippen LogP contribution < -0.4 is 15.9 Å². The van der Waals surface area contributed by atoms with Gasteiger partial charge in [-0.15, -0.1) is 0 Å². The normalized spacial score (nSPS) is 17.7. The van der Waals surface area contributed by atoms with Gasteiger partial charge in [0.2, 0.25) is 11.8 Å². The molecule has 2 amide bonds. The molecule has 2 atom stereocenters. The third kappa shape index (κ3) is 4.54. The molecule has 13 heteroatoms. The van der Waals surface area contributed by atoms with Gasteiger partial charge in [0.25, 0.3) is 0 Å². The first kappa shape index (κ1) is 30.2. The Morgan fingerprint density at radius 3 is 2.60 bits per heavy atom. The van der Waals surface area contributed by atoms with Gasteiger partial charge in [0.1, 0.15) is 28.9 Å². The van der Waals surface area contributed by atoms with Gasteiger partial charge >= 0.3 is 5.69 Å². The summed E-state index contributed by atoms with van der Waals surface area (Å²) in [6, 6.07) is 3.52. The van der Waals surface area contributed by atoms with Crippen molar-refractivity contribution in [3.8, 4) is 22.6 Å². The first-order valence-corrected chi connectivity index (χ1v) is 14.7. The summed E-state index contributed by atoms with van der Waals surface area (Å²) in [7, 11) is 0. The molecule has 232 valence electrons. The largest absolute Gasteiger partial charge is 0.507 e. The van der Waals surface area contributed by atoms with E-state index < -0.39 is 57.2 Å². The molecule has 4 aromatic rings. The van der Waals surface area contributed by atoms with Crippen LogP contribution in [0.4, 0.5) is 20.3 Å². The van der Waals surface area contributed by atoms with Crippen molar-refractivity contribution >= 4 is 45.8 Å². The molecule has 2 aromatic heterocycles. The number of halogens is 3. The van der Waals surface area contributed by atoms with Crippen molar-refractivity contribution in [2.75, 3.05) is 23.3 Å².